The standard InChI is InChI=1S/C22H28N2O7/c1-7-30-21(26)18-12(2)19(24-13(18)3)22(27)31-14(4)20(25)23-11-15-8-9-16(28-5)17(10-15)29-6/h8-10,14,24H,7,11H2,1-6H3,(H,23,25). The highest BCUT2D eigenvalue weighted by molar-refractivity contribution is 5.99. The molecule has 31 heavy (non-hydrogen) atoms. The molecule has 1 unspecified atom stereocenters. The van der Waals surface area contributed by atoms with Gasteiger partial charge in [-0.05, 0) is 51.0 Å². The number of carbonyl (C=O) groups excluding carboxylic acids is 3. The Morgan fingerprint density at radius 3 is 2.35 bits per heavy atom. The van der Waals surface area contributed by atoms with Crippen LogP contribution >= 0.6 is 0 Å². The summed E-state index contributed by atoms with van der Waals surface area (Å²) in [6, 6.07) is 5.28. The molecule has 1 amide bonds. The number of aryl methyl sites for hydroxylation is 1. The number of aromatic amines is 1. The van der Waals surface area contributed by atoms with Crippen LogP contribution in [0.1, 0.15) is 51.5 Å². The smallest absolute Gasteiger partial charge is 0.355 e. The number of ether oxygens (including phenoxy) is 4. The second-order valence-electron chi connectivity index (χ2n) is 6.80. The lowest BCUT2D eigenvalue weighted by Crippen LogP contribution is -2.35. The van der Waals surface area contributed by atoms with Gasteiger partial charge in [-0.1, -0.05) is 6.07 Å². The van der Waals surface area contributed by atoms with E-state index in [9.17, 15) is 14.4 Å². The maximum atomic E-state index is 12.5. The quantitative estimate of drug-likeness (QED) is 0.585. The summed E-state index contributed by atoms with van der Waals surface area (Å²) in [7, 11) is 3.07. The maximum Gasteiger partial charge on any atom is 0.355 e. The predicted molar refractivity (Wildman–Crippen MR) is 112 cm³/mol. The molecule has 0 aliphatic rings. The van der Waals surface area contributed by atoms with E-state index in [1.807, 2.05) is 0 Å². The lowest BCUT2D eigenvalue weighted by atomic mass is 10.1. The minimum Gasteiger partial charge on any atom is -0.493 e. The van der Waals surface area contributed by atoms with Crippen LogP contribution in [-0.4, -0.2) is 49.8 Å². The first kappa shape index (κ1) is 23.8. The van der Waals surface area contributed by atoms with Crippen molar-refractivity contribution in [1.29, 1.82) is 0 Å². The third kappa shape index (κ3) is 5.56. The van der Waals surface area contributed by atoms with Crippen LogP contribution in [0, 0.1) is 13.8 Å². The van der Waals surface area contributed by atoms with Gasteiger partial charge < -0.3 is 29.2 Å². The molecule has 0 aliphatic heterocycles. The molecule has 0 saturated heterocycles. The Labute approximate surface area is 181 Å². The number of hydrogen-bond acceptors (Lipinski definition) is 7. The Bertz CT molecular complexity index is 965. The molecule has 0 fully saturated rings. The van der Waals surface area contributed by atoms with E-state index in [0.29, 0.717) is 28.3 Å². The molecule has 1 heterocycles. The van der Waals surface area contributed by atoms with Gasteiger partial charge in [0.05, 0.1) is 26.4 Å². The summed E-state index contributed by atoms with van der Waals surface area (Å²) >= 11 is 0. The molecule has 168 valence electrons. The summed E-state index contributed by atoms with van der Waals surface area (Å²) in [5.41, 5.74) is 2.10. The SMILES string of the molecule is CCOC(=O)c1c(C)[nH]c(C(=O)OC(C)C(=O)NCc2ccc(OC)c(OC)c2)c1C. The molecule has 0 radical (unpaired) electrons. The van der Waals surface area contributed by atoms with Gasteiger partial charge in [-0.15, -0.1) is 0 Å². The van der Waals surface area contributed by atoms with Crippen molar-refractivity contribution < 1.29 is 33.3 Å². The lowest BCUT2D eigenvalue weighted by molar-refractivity contribution is -0.129. The van der Waals surface area contributed by atoms with E-state index in [1.165, 1.54) is 14.0 Å². The summed E-state index contributed by atoms with van der Waals surface area (Å²) in [6.45, 7) is 6.89. The van der Waals surface area contributed by atoms with Crippen molar-refractivity contribution in [2.45, 2.75) is 40.3 Å². The van der Waals surface area contributed by atoms with Crippen LogP contribution in [-0.2, 0) is 20.8 Å². The van der Waals surface area contributed by atoms with Crippen molar-refractivity contribution in [3.8, 4) is 11.5 Å². The van der Waals surface area contributed by atoms with E-state index in [4.69, 9.17) is 18.9 Å². The highest BCUT2D eigenvalue weighted by Gasteiger charge is 2.26. The van der Waals surface area contributed by atoms with E-state index in [1.54, 1.807) is 46.1 Å². The topological polar surface area (TPSA) is 116 Å². The molecule has 1 aromatic heterocycles. The number of hydrogen-bond donors (Lipinski definition) is 2. The van der Waals surface area contributed by atoms with Crippen molar-refractivity contribution in [3.63, 3.8) is 0 Å². The highest BCUT2D eigenvalue weighted by Crippen LogP contribution is 2.27. The predicted octanol–water partition coefficient (Wildman–Crippen LogP) is 2.69. The van der Waals surface area contributed by atoms with Gasteiger partial charge >= 0.3 is 11.9 Å². The lowest BCUT2D eigenvalue weighted by Gasteiger charge is -2.14. The van der Waals surface area contributed by atoms with Gasteiger partial charge in [0.15, 0.2) is 17.6 Å². The number of nitrogens with one attached hydrogen (secondary N) is 2. The third-order valence-corrected chi connectivity index (χ3v) is 4.69. The van der Waals surface area contributed by atoms with Gasteiger partial charge in [-0.2, -0.15) is 0 Å². The van der Waals surface area contributed by atoms with Crippen LogP contribution in [0.4, 0.5) is 0 Å². The Kier molecular flexibility index (Phi) is 8.07. The molecule has 2 N–H and O–H groups in total. The largest absolute Gasteiger partial charge is 0.493 e. The molecule has 1 atom stereocenters. The average molecular weight is 432 g/mol. The van der Waals surface area contributed by atoms with Crippen molar-refractivity contribution >= 4 is 17.8 Å². The van der Waals surface area contributed by atoms with E-state index in [-0.39, 0.29) is 18.8 Å². The summed E-state index contributed by atoms with van der Waals surface area (Å²) in [5.74, 6) is -0.587. The highest BCUT2D eigenvalue weighted by atomic mass is 16.5. The van der Waals surface area contributed by atoms with Crippen LogP contribution in [0.25, 0.3) is 0 Å². The zero-order valence-electron chi connectivity index (χ0n) is 18.6. The summed E-state index contributed by atoms with van der Waals surface area (Å²) in [4.78, 5) is 39.8. The van der Waals surface area contributed by atoms with Crippen molar-refractivity contribution in [3.05, 3.63) is 46.3 Å². The molecule has 2 rings (SSSR count). The van der Waals surface area contributed by atoms with E-state index >= 15 is 0 Å². The Morgan fingerprint density at radius 1 is 1.06 bits per heavy atom. The first-order valence-corrected chi connectivity index (χ1v) is 9.79. The van der Waals surface area contributed by atoms with Gasteiger partial charge in [0.2, 0.25) is 0 Å². The van der Waals surface area contributed by atoms with E-state index in [0.717, 1.165) is 5.56 Å². The van der Waals surface area contributed by atoms with Crippen LogP contribution in [0.2, 0.25) is 0 Å². The van der Waals surface area contributed by atoms with Gasteiger partial charge in [-0.3, -0.25) is 4.79 Å². The molecule has 9 nitrogen and oxygen atoms in total. The molecule has 0 bridgehead atoms. The van der Waals surface area contributed by atoms with Crippen LogP contribution in [0.3, 0.4) is 0 Å². The second kappa shape index (κ2) is 10.5. The fraction of sp³-hybridized carbons (Fsp3) is 0.409. The number of rotatable bonds is 9. The normalized spacial score (nSPS) is 11.4. The van der Waals surface area contributed by atoms with Crippen molar-refractivity contribution in [2.75, 3.05) is 20.8 Å². The molecule has 2 aromatic rings. The van der Waals surface area contributed by atoms with Gasteiger partial charge in [-0.25, -0.2) is 9.59 Å². The third-order valence-electron chi connectivity index (χ3n) is 4.69. The van der Waals surface area contributed by atoms with Crippen LogP contribution < -0.4 is 14.8 Å². The number of H-pyrrole nitrogens is 1. The molecule has 9 heteroatoms. The number of aromatic nitrogens is 1. The molecular formula is C22H28N2O7. The Balaban J connectivity index is 2.01. The average Bonchev–Trinajstić information content (AvgIpc) is 3.05. The zero-order chi connectivity index (χ0) is 23.1. The molecule has 1 aromatic carbocycles. The summed E-state index contributed by atoms with van der Waals surface area (Å²) in [6.07, 6.45) is -1.04. The fourth-order valence-electron chi connectivity index (χ4n) is 3.06. The van der Waals surface area contributed by atoms with Crippen LogP contribution in [0.5, 0.6) is 11.5 Å². The summed E-state index contributed by atoms with van der Waals surface area (Å²) < 4.78 is 20.7. The van der Waals surface area contributed by atoms with Crippen LogP contribution in [0.15, 0.2) is 18.2 Å². The number of benzene rings is 1. The monoisotopic (exact) mass is 432 g/mol. The molecule has 0 aliphatic carbocycles. The minimum atomic E-state index is -1.04. The van der Waals surface area contributed by atoms with Gasteiger partial charge in [0.1, 0.15) is 5.69 Å². The van der Waals surface area contributed by atoms with Gasteiger partial charge in [0.25, 0.3) is 5.91 Å². The van der Waals surface area contributed by atoms with Gasteiger partial charge in [0, 0.05) is 12.2 Å². The minimum absolute atomic E-state index is 0.111. The summed E-state index contributed by atoms with van der Waals surface area (Å²) in [5, 5.41) is 2.71. The Hall–Kier alpha value is -3.49. The Morgan fingerprint density at radius 2 is 1.74 bits per heavy atom. The number of methoxy groups -OCH3 is 2. The first-order chi connectivity index (χ1) is 14.7. The molecule has 0 spiro atoms. The maximum absolute atomic E-state index is 12.5. The van der Waals surface area contributed by atoms with Crippen molar-refractivity contribution in [2.24, 2.45) is 0 Å². The fourth-order valence-corrected chi connectivity index (χ4v) is 3.06. The second-order valence-corrected chi connectivity index (χ2v) is 6.80. The number of esters is 2. The molecule has 0 saturated carbocycles. The molecular weight excluding hydrogens is 404 g/mol. The van der Waals surface area contributed by atoms with E-state index < -0.39 is 23.9 Å². The first-order valence-electron chi connectivity index (χ1n) is 9.79. The van der Waals surface area contributed by atoms with Crippen molar-refractivity contribution in [1.82, 2.24) is 10.3 Å². The zero-order valence-corrected chi connectivity index (χ0v) is 18.6. The van der Waals surface area contributed by atoms with E-state index in [2.05, 4.69) is 10.3 Å². The number of amides is 1. The number of carbonyl (C=O) groups is 3.